The van der Waals surface area contributed by atoms with Gasteiger partial charge in [-0.3, -0.25) is 0 Å². The Labute approximate surface area is 106 Å². The van der Waals surface area contributed by atoms with Gasteiger partial charge >= 0.3 is 0 Å². The van der Waals surface area contributed by atoms with Gasteiger partial charge in [0, 0.05) is 5.92 Å². The fourth-order valence-electron chi connectivity index (χ4n) is 1.99. The summed E-state index contributed by atoms with van der Waals surface area (Å²) < 4.78 is 27.9. The van der Waals surface area contributed by atoms with Crippen LogP contribution in [0.15, 0.2) is 24.3 Å². The van der Waals surface area contributed by atoms with Gasteiger partial charge in [0.25, 0.3) is 0 Å². The summed E-state index contributed by atoms with van der Waals surface area (Å²) in [6.45, 7) is 0.0605. The lowest BCUT2D eigenvalue weighted by molar-refractivity contribution is 0.0661. The van der Waals surface area contributed by atoms with Crippen LogP contribution < -0.4 is 4.74 Å². The van der Waals surface area contributed by atoms with E-state index < -0.39 is 15.9 Å². The van der Waals surface area contributed by atoms with Gasteiger partial charge in [0.2, 0.25) is 0 Å². The van der Waals surface area contributed by atoms with E-state index in [2.05, 4.69) is 0 Å². The molecule has 0 bridgehead atoms. The van der Waals surface area contributed by atoms with Crippen LogP contribution in [0.2, 0.25) is 0 Å². The van der Waals surface area contributed by atoms with E-state index in [4.69, 9.17) is 9.84 Å². The molecule has 0 saturated carbocycles. The van der Waals surface area contributed by atoms with E-state index in [1.807, 2.05) is 0 Å². The smallest absolute Gasteiger partial charge is 0.150 e. The fourth-order valence-corrected chi connectivity index (χ4v) is 3.86. The lowest BCUT2D eigenvalue weighted by Gasteiger charge is -2.17. The highest BCUT2D eigenvalue weighted by atomic mass is 32.2. The second-order valence-corrected chi connectivity index (χ2v) is 6.76. The highest BCUT2D eigenvalue weighted by Crippen LogP contribution is 2.23. The molecule has 1 aliphatic heterocycles. The zero-order valence-corrected chi connectivity index (χ0v) is 10.6. The topological polar surface area (TPSA) is 83.8 Å². The van der Waals surface area contributed by atoms with Crippen molar-refractivity contribution in [2.24, 2.45) is 5.92 Å². The van der Waals surface area contributed by atoms with Gasteiger partial charge in [0.1, 0.15) is 18.1 Å². The molecule has 2 N–H and O–H groups in total. The third-order valence-corrected chi connectivity index (χ3v) is 4.86. The van der Waals surface area contributed by atoms with Crippen molar-refractivity contribution in [3.8, 4) is 11.5 Å². The molecule has 2 unspecified atom stereocenters. The van der Waals surface area contributed by atoms with Gasteiger partial charge in [-0.1, -0.05) is 0 Å². The largest absolute Gasteiger partial charge is 0.508 e. The minimum atomic E-state index is -2.98. The zero-order valence-electron chi connectivity index (χ0n) is 9.82. The van der Waals surface area contributed by atoms with Crippen LogP contribution in [-0.4, -0.2) is 42.8 Å². The predicted octanol–water partition coefficient (Wildman–Crippen LogP) is 0.567. The molecule has 18 heavy (non-hydrogen) atoms. The van der Waals surface area contributed by atoms with E-state index in [1.165, 1.54) is 12.1 Å². The molecule has 6 heteroatoms. The molecule has 5 nitrogen and oxygen atoms in total. The predicted molar refractivity (Wildman–Crippen MR) is 66.4 cm³/mol. The monoisotopic (exact) mass is 272 g/mol. The molecule has 1 fully saturated rings. The van der Waals surface area contributed by atoms with Crippen LogP contribution in [0.25, 0.3) is 0 Å². The Kier molecular flexibility index (Phi) is 3.77. The molecular weight excluding hydrogens is 256 g/mol. The van der Waals surface area contributed by atoms with Crippen molar-refractivity contribution in [3.63, 3.8) is 0 Å². The minimum Gasteiger partial charge on any atom is -0.508 e. The number of sulfone groups is 1. The van der Waals surface area contributed by atoms with Crippen molar-refractivity contribution < 1.29 is 23.4 Å². The van der Waals surface area contributed by atoms with Crippen LogP contribution in [0, 0.1) is 5.92 Å². The Morgan fingerprint density at radius 3 is 2.56 bits per heavy atom. The molecule has 0 spiro atoms. The molecule has 0 aromatic heterocycles. The number of hydrogen-bond donors (Lipinski definition) is 2. The standard InChI is InChI=1S/C12H16O5S/c13-10-1-3-11(4-2-10)17-7-12(14)9-5-6-18(15,16)8-9/h1-4,9,12-14H,5-8H2. The summed E-state index contributed by atoms with van der Waals surface area (Å²) in [6, 6.07) is 6.16. The van der Waals surface area contributed by atoms with Gasteiger partial charge in [0.15, 0.2) is 9.84 Å². The van der Waals surface area contributed by atoms with Gasteiger partial charge in [0.05, 0.1) is 17.6 Å². The first kappa shape index (κ1) is 13.2. The highest BCUT2D eigenvalue weighted by Gasteiger charge is 2.33. The van der Waals surface area contributed by atoms with E-state index in [1.54, 1.807) is 12.1 Å². The SMILES string of the molecule is O=S1(=O)CCC(C(O)COc2ccc(O)cc2)C1. The second-order valence-electron chi connectivity index (χ2n) is 4.54. The maximum atomic E-state index is 11.3. The average Bonchev–Trinajstić information content (AvgIpc) is 2.69. The summed E-state index contributed by atoms with van der Waals surface area (Å²) in [4.78, 5) is 0. The number of benzene rings is 1. The second kappa shape index (κ2) is 5.16. The normalized spacial score (nSPS) is 23.7. The number of hydrogen-bond acceptors (Lipinski definition) is 5. The van der Waals surface area contributed by atoms with Crippen molar-refractivity contribution in [3.05, 3.63) is 24.3 Å². The molecule has 1 aromatic carbocycles. The minimum absolute atomic E-state index is 0.0348. The Bertz CT molecular complexity index is 494. The van der Waals surface area contributed by atoms with Crippen LogP contribution in [0.5, 0.6) is 11.5 Å². The van der Waals surface area contributed by atoms with E-state index in [0.717, 1.165) is 0 Å². The Hall–Kier alpha value is -1.27. The quantitative estimate of drug-likeness (QED) is 0.837. The Morgan fingerprint density at radius 2 is 2.00 bits per heavy atom. The number of ether oxygens (including phenoxy) is 1. The van der Waals surface area contributed by atoms with Crippen LogP contribution >= 0.6 is 0 Å². The van der Waals surface area contributed by atoms with Crippen LogP contribution in [0.4, 0.5) is 0 Å². The first-order valence-corrected chi connectivity index (χ1v) is 7.59. The number of rotatable bonds is 4. The lowest BCUT2D eigenvalue weighted by Crippen LogP contribution is -2.28. The van der Waals surface area contributed by atoms with Crippen molar-refractivity contribution >= 4 is 9.84 Å². The number of phenols is 1. The molecule has 0 aliphatic carbocycles. The molecule has 1 aliphatic rings. The van der Waals surface area contributed by atoms with Gasteiger partial charge in [-0.2, -0.15) is 0 Å². The third-order valence-electron chi connectivity index (χ3n) is 3.07. The zero-order chi connectivity index (χ0) is 13.2. The summed E-state index contributed by atoms with van der Waals surface area (Å²) in [5.74, 6) is 0.616. The van der Waals surface area contributed by atoms with E-state index >= 15 is 0 Å². The van der Waals surface area contributed by atoms with Crippen molar-refractivity contribution in [2.45, 2.75) is 12.5 Å². The molecule has 2 rings (SSSR count). The van der Waals surface area contributed by atoms with Crippen molar-refractivity contribution in [1.29, 1.82) is 0 Å². The number of aliphatic hydroxyl groups excluding tert-OH is 1. The molecule has 2 atom stereocenters. The average molecular weight is 272 g/mol. The summed E-state index contributed by atoms with van der Waals surface area (Å²) >= 11 is 0. The first-order valence-electron chi connectivity index (χ1n) is 5.76. The summed E-state index contributed by atoms with van der Waals surface area (Å²) in [5, 5.41) is 19.0. The molecular formula is C12H16O5S. The van der Waals surface area contributed by atoms with Crippen LogP contribution in [0.3, 0.4) is 0 Å². The fraction of sp³-hybridized carbons (Fsp3) is 0.500. The number of phenolic OH excluding ortho intramolecular Hbond substituents is 1. The lowest BCUT2D eigenvalue weighted by atomic mass is 10.0. The number of aromatic hydroxyl groups is 1. The maximum absolute atomic E-state index is 11.3. The molecule has 100 valence electrons. The third kappa shape index (κ3) is 3.36. The van der Waals surface area contributed by atoms with Crippen LogP contribution in [-0.2, 0) is 9.84 Å². The molecule has 1 heterocycles. The van der Waals surface area contributed by atoms with Crippen molar-refractivity contribution in [2.75, 3.05) is 18.1 Å². The number of aliphatic hydroxyl groups is 1. The Morgan fingerprint density at radius 1 is 1.33 bits per heavy atom. The van der Waals surface area contributed by atoms with Crippen LogP contribution in [0.1, 0.15) is 6.42 Å². The summed E-state index contributed by atoms with van der Waals surface area (Å²) in [7, 11) is -2.98. The Balaban J connectivity index is 1.85. The van der Waals surface area contributed by atoms with Gasteiger partial charge in [-0.25, -0.2) is 8.42 Å². The van der Waals surface area contributed by atoms with Gasteiger partial charge in [-0.15, -0.1) is 0 Å². The van der Waals surface area contributed by atoms with Crippen molar-refractivity contribution in [1.82, 2.24) is 0 Å². The first-order chi connectivity index (χ1) is 8.46. The van der Waals surface area contributed by atoms with Gasteiger partial charge in [-0.05, 0) is 30.7 Å². The van der Waals surface area contributed by atoms with E-state index in [0.29, 0.717) is 12.2 Å². The molecule has 1 aromatic rings. The summed E-state index contributed by atoms with van der Waals surface area (Å²) in [5.41, 5.74) is 0. The van der Waals surface area contributed by atoms with E-state index in [9.17, 15) is 13.5 Å². The summed E-state index contributed by atoms with van der Waals surface area (Å²) in [6.07, 6.45) is -0.293. The maximum Gasteiger partial charge on any atom is 0.150 e. The molecule has 0 radical (unpaired) electrons. The molecule has 0 amide bonds. The molecule has 1 saturated heterocycles. The van der Waals surface area contributed by atoms with E-state index in [-0.39, 0.29) is 29.8 Å². The highest BCUT2D eigenvalue weighted by molar-refractivity contribution is 7.91. The van der Waals surface area contributed by atoms with Gasteiger partial charge < -0.3 is 14.9 Å².